The molecule has 0 saturated heterocycles. The highest BCUT2D eigenvalue weighted by molar-refractivity contribution is 6.09. The van der Waals surface area contributed by atoms with E-state index < -0.39 is 0 Å². The number of hydrogen-bond acceptors (Lipinski definition) is 1. The molecule has 0 radical (unpaired) electrons. The molecule has 1 nitrogen and oxygen atoms in total. The minimum atomic E-state index is 0.730. The standard InChI is InChI=1S/C13H23NSi/c1-4-11-7-12(10(2)3)5-6-13(11)8-14-9-15/h5-6,8,10,12H,4,7,9H2,1-3,15H3/b14-8-/t12-/m1/s1. The van der Waals surface area contributed by atoms with E-state index in [0.29, 0.717) is 0 Å². The molecule has 1 rings (SSSR count). The molecule has 0 aromatic heterocycles. The molecule has 0 bridgehead atoms. The van der Waals surface area contributed by atoms with Gasteiger partial charge in [0, 0.05) is 22.6 Å². The summed E-state index contributed by atoms with van der Waals surface area (Å²) >= 11 is 0. The van der Waals surface area contributed by atoms with E-state index in [2.05, 4.69) is 44.1 Å². The van der Waals surface area contributed by atoms with Crippen molar-refractivity contribution in [1.82, 2.24) is 0 Å². The van der Waals surface area contributed by atoms with E-state index in [1.54, 1.807) is 5.57 Å². The Hall–Kier alpha value is -0.633. The molecule has 0 N–H and O–H groups in total. The van der Waals surface area contributed by atoms with Crippen LogP contribution < -0.4 is 0 Å². The highest BCUT2D eigenvalue weighted by Gasteiger charge is 2.16. The zero-order valence-corrected chi connectivity index (χ0v) is 12.5. The molecule has 0 heterocycles. The number of rotatable bonds is 4. The summed E-state index contributed by atoms with van der Waals surface area (Å²) in [5, 5.41) is 0. The van der Waals surface area contributed by atoms with E-state index in [-0.39, 0.29) is 0 Å². The second-order valence-corrected chi connectivity index (χ2v) is 5.14. The zero-order chi connectivity index (χ0) is 11.3. The Morgan fingerprint density at radius 3 is 2.87 bits per heavy atom. The van der Waals surface area contributed by atoms with Crippen LogP contribution in [0, 0.1) is 11.8 Å². The van der Waals surface area contributed by atoms with Gasteiger partial charge in [0.15, 0.2) is 0 Å². The third-order valence-corrected chi connectivity index (χ3v) is 3.47. The van der Waals surface area contributed by atoms with Gasteiger partial charge in [-0.3, -0.25) is 4.99 Å². The lowest BCUT2D eigenvalue weighted by Gasteiger charge is -2.23. The predicted octanol–water partition coefficient (Wildman–Crippen LogP) is 2.32. The van der Waals surface area contributed by atoms with Gasteiger partial charge in [-0.05, 0) is 30.3 Å². The maximum absolute atomic E-state index is 4.39. The molecule has 1 aliphatic carbocycles. The molecule has 0 unspecified atom stereocenters. The van der Waals surface area contributed by atoms with Crippen LogP contribution in [0.15, 0.2) is 28.3 Å². The van der Waals surface area contributed by atoms with Gasteiger partial charge in [-0.15, -0.1) is 0 Å². The first-order valence-corrected chi connectivity index (χ1v) is 7.50. The van der Waals surface area contributed by atoms with Crippen LogP contribution in [0.3, 0.4) is 0 Å². The number of allylic oxidation sites excluding steroid dienone is 4. The topological polar surface area (TPSA) is 12.4 Å². The van der Waals surface area contributed by atoms with E-state index in [4.69, 9.17) is 0 Å². The van der Waals surface area contributed by atoms with Crippen molar-refractivity contribution < 1.29 is 0 Å². The van der Waals surface area contributed by atoms with Gasteiger partial charge in [0.05, 0.1) is 0 Å². The van der Waals surface area contributed by atoms with Gasteiger partial charge >= 0.3 is 0 Å². The van der Waals surface area contributed by atoms with Crippen LogP contribution in [0.2, 0.25) is 0 Å². The summed E-state index contributed by atoms with van der Waals surface area (Å²) < 4.78 is 0. The largest absolute Gasteiger partial charge is 0.297 e. The Labute approximate surface area is 96.8 Å². The van der Waals surface area contributed by atoms with Gasteiger partial charge in [0.2, 0.25) is 0 Å². The minimum Gasteiger partial charge on any atom is -0.297 e. The van der Waals surface area contributed by atoms with Gasteiger partial charge < -0.3 is 0 Å². The average Bonchev–Trinajstić information content (AvgIpc) is 2.25. The molecule has 0 aliphatic heterocycles. The molecule has 0 fully saturated rings. The van der Waals surface area contributed by atoms with E-state index in [0.717, 1.165) is 34.7 Å². The van der Waals surface area contributed by atoms with Crippen molar-refractivity contribution in [1.29, 1.82) is 0 Å². The molecular formula is C13H23NSi. The summed E-state index contributed by atoms with van der Waals surface area (Å²) in [6, 6.07) is 0. The third-order valence-electron chi connectivity index (χ3n) is 3.11. The summed E-state index contributed by atoms with van der Waals surface area (Å²) in [7, 11) is 1.16. The third kappa shape index (κ3) is 3.45. The molecule has 0 aromatic rings. The number of nitrogens with zero attached hydrogens (tertiary/aromatic N) is 1. The molecule has 0 saturated carbocycles. The Balaban J connectivity index is 2.78. The predicted molar refractivity (Wildman–Crippen MR) is 72.7 cm³/mol. The number of hydrogen-bond donors (Lipinski definition) is 0. The maximum Gasteiger partial charge on any atom is 0.0298 e. The molecule has 84 valence electrons. The van der Waals surface area contributed by atoms with Crippen molar-refractivity contribution >= 4 is 16.5 Å². The summed E-state index contributed by atoms with van der Waals surface area (Å²) in [6.07, 6.45) is 10.1. The zero-order valence-electron chi connectivity index (χ0n) is 10.5. The lowest BCUT2D eigenvalue weighted by Crippen LogP contribution is -2.11. The second kappa shape index (κ2) is 6.06. The molecule has 15 heavy (non-hydrogen) atoms. The molecular weight excluding hydrogens is 198 g/mol. The van der Waals surface area contributed by atoms with Crippen LogP contribution in [0.4, 0.5) is 0 Å². The van der Waals surface area contributed by atoms with Gasteiger partial charge in [-0.25, -0.2) is 0 Å². The lowest BCUT2D eigenvalue weighted by atomic mass is 9.82. The smallest absolute Gasteiger partial charge is 0.0298 e. The molecule has 1 aliphatic rings. The SMILES string of the molecule is CCC1=C(/C=N\C[SiH3])C=C[C@@H](C(C)C)C1. The summed E-state index contributed by atoms with van der Waals surface area (Å²) in [5.41, 5.74) is 2.94. The first-order valence-electron chi connectivity index (χ1n) is 6.09. The fourth-order valence-corrected chi connectivity index (χ4v) is 2.13. The fourth-order valence-electron chi connectivity index (χ4n) is 1.95. The maximum atomic E-state index is 4.39. The van der Waals surface area contributed by atoms with Crippen LogP contribution >= 0.6 is 0 Å². The molecule has 0 amide bonds. The molecule has 2 heteroatoms. The Bertz CT molecular complexity index is 287. The van der Waals surface area contributed by atoms with Crippen LogP contribution in [0.1, 0.15) is 33.6 Å². The quantitative estimate of drug-likeness (QED) is 0.510. The summed E-state index contributed by atoms with van der Waals surface area (Å²) in [6.45, 7) is 6.86. The van der Waals surface area contributed by atoms with Crippen LogP contribution in [-0.4, -0.2) is 22.6 Å². The molecule has 0 aromatic carbocycles. The Kier molecular flexibility index (Phi) is 5.02. The Morgan fingerprint density at radius 1 is 1.60 bits per heavy atom. The van der Waals surface area contributed by atoms with E-state index in [9.17, 15) is 0 Å². The Morgan fingerprint density at radius 2 is 2.33 bits per heavy atom. The second-order valence-electron chi connectivity index (χ2n) is 4.51. The molecule has 0 spiro atoms. The van der Waals surface area contributed by atoms with Crippen LogP contribution in [0.25, 0.3) is 0 Å². The number of aliphatic imine (C=N–C) groups is 1. The first-order chi connectivity index (χ1) is 7.19. The minimum absolute atomic E-state index is 0.730. The lowest BCUT2D eigenvalue weighted by molar-refractivity contribution is 0.454. The van der Waals surface area contributed by atoms with Crippen LogP contribution in [0.5, 0.6) is 0 Å². The van der Waals surface area contributed by atoms with Crippen molar-refractivity contribution in [3.63, 3.8) is 0 Å². The highest BCUT2D eigenvalue weighted by atomic mass is 28.1. The fraction of sp³-hybridized carbons (Fsp3) is 0.615. The van der Waals surface area contributed by atoms with Crippen molar-refractivity contribution in [2.75, 3.05) is 6.17 Å². The normalized spacial score (nSPS) is 22.3. The van der Waals surface area contributed by atoms with Gasteiger partial charge in [0.1, 0.15) is 0 Å². The monoisotopic (exact) mass is 221 g/mol. The van der Waals surface area contributed by atoms with Crippen molar-refractivity contribution in [2.24, 2.45) is 16.8 Å². The molecule has 1 atom stereocenters. The van der Waals surface area contributed by atoms with Gasteiger partial charge in [-0.2, -0.15) is 0 Å². The first kappa shape index (κ1) is 12.4. The van der Waals surface area contributed by atoms with Crippen molar-refractivity contribution in [2.45, 2.75) is 33.6 Å². The van der Waals surface area contributed by atoms with Crippen molar-refractivity contribution in [3.8, 4) is 0 Å². The average molecular weight is 221 g/mol. The van der Waals surface area contributed by atoms with Gasteiger partial charge in [0.25, 0.3) is 0 Å². The van der Waals surface area contributed by atoms with Crippen molar-refractivity contribution in [3.05, 3.63) is 23.3 Å². The summed E-state index contributed by atoms with van der Waals surface area (Å²) in [4.78, 5) is 4.39. The van der Waals surface area contributed by atoms with Gasteiger partial charge in [-0.1, -0.05) is 38.5 Å². The van der Waals surface area contributed by atoms with E-state index >= 15 is 0 Å². The highest BCUT2D eigenvalue weighted by Crippen LogP contribution is 2.29. The van der Waals surface area contributed by atoms with E-state index in [1.165, 1.54) is 12.0 Å². The van der Waals surface area contributed by atoms with Crippen LogP contribution in [-0.2, 0) is 0 Å². The van der Waals surface area contributed by atoms with E-state index in [1.807, 2.05) is 0 Å². The summed E-state index contributed by atoms with van der Waals surface area (Å²) in [5.74, 6) is 1.48.